The van der Waals surface area contributed by atoms with Gasteiger partial charge in [-0.05, 0) is 29.8 Å². The van der Waals surface area contributed by atoms with Crippen LogP contribution in [0.1, 0.15) is 5.56 Å². The Kier molecular flexibility index (Phi) is 2.88. The van der Waals surface area contributed by atoms with Crippen LogP contribution in [0, 0.1) is 5.82 Å². The van der Waals surface area contributed by atoms with Crippen molar-refractivity contribution < 1.29 is 4.39 Å². The average Bonchev–Trinajstić information content (AvgIpc) is 2.30. The molecule has 0 fully saturated rings. The summed E-state index contributed by atoms with van der Waals surface area (Å²) in [4.78, 5) is 4.23. The molecule has 0 saturated heterocycles. The lowest BCUT2D eigenvalue weighted by Gasteiger charge is -1.93. The maximum Gasteiger partial charge on any atom is 0.123 e. The zero-order valence-electron chi connectivity index (χ0n) is 8.10. The first-order valence-electron chi connectivity index (χ1n) is 4.69. The molecule has 2 aromatic rings. The Hall–Kier alpha value is -1.96. The number of aliphatic imine (C=N–C) groups is 1. The van der Waals surface area contributed by atoms with E-state index in [0.29, 0.717) is 0 Å². The molecule has 0 unspecified atom stereocenters. The lowest BCUT2D eigenvalue weighted by atomic mass is 10.2. The highest BCUT2D eigenvalue weighted by Crippen LogP contribution is 2.11. The Bertz CT molecular complexity index is 446. The van der Waals surface area contributed by atoms with Gasteiger partial charge >= 0.3 is 0 Å². The van der Waals surface area contributed by atoms with Crippen LogP contribution in [0.2, 0.25) is 0 Å². The Balaban J connectivity index is 2.15. The minimum absolute atomic E-state index is 0.242. The fraction of sp³-hybridized carbons (Fsp3) is 0. The molecule has 0 amide bonds. The SMILES string of the molecule is Fc1ccc(/N=C/c2ccccc2)cc1. The van der Waals surface area contributed by atoms with Gasteiger partial charge in [0.25, 0.3) is 0 Å². The largest absolute Gasteiger partial charge is 0.256 e. The van der Waals surface area contributed by atoms with Crippen LogP contribution in [0.4, 0.5) is 10.1 Å². The molecule has 0 N–H and O–H groups in total. The fourth-order valence-electron chi connectivity index (χ4n) is 1.22. The maximum absolute atomic E-state index is 12.6. The quantitative estimate of drug-likeness (QED) is 0.655. The van der Waals surface area contributed by atoms with Gasteiger partial charge in [0.05, 0.1) is 5.69 Å². The second kappa shape index (κ2) is 4.51. The summed E-state index contributed by atoms with van der Waals surface area (Å²) in [7, 11) is 0. The van der Waals surface area contributed by atoms with Crippen LogP contribution in [0.25, 0.3) is 0 Å². The highest BCUT2D eigenvalue weighted by Gasteiger charge is 1.89. The van der Waals surface area contributed by atoms with E-state index < -0.39 is 0 Å². The van der Waals surface area contributed by atoms with E-state index in [1.165, 1.54) is 12.1 Å². The van der Waals surface area contributed by atoms with Crippen LogP contribution in [-0.2, 0) is 0 Å². The van der Waals surface area contributed by atoms with Gasteiger partial charge < -0.3 is 0 Å². The lowest BCUT2D eigenvalue weighted by molar-refractivity contribution is 0.628. The van der Waals surface area contributed by atoms with Crippen molar-refractivity contribution >= 4 is 11.9 Å². The first-order valence-corrected chi connectivity index (χ1v) is 4.69. The summed E-state index contributed by atoms with van der Waals surface area (Å²) in [5.41, 5.74) is 1.78. The van der Waals surface area contributed by atoms with Gasteiger partial charge in [0, 0.05) is 6.21 Å². The second-order valence-corrected chi connectivity index (χ2v) is 3.15. The van der Waals surface area contributed by atoms with Gasteiger partial charge in [-0.3, -0.25) is 4.99 Å². The molecule has 0 heterocycles. The molecule has 2 rings (SSSR count). The number of halogens is 1. The third-order valence-corrected chi connectivity index (χ3v) is 1.99. The smallest absolute Gasteiger partial charge is 0.123 e. The summed E-state index contributed by atoms with van der Waals surface area (Å²) in [5.74, 6) is -0.242. The Labute approximate surface area is 87.9 Å². The summed E-state index contributed by atoms with van der Waals surface area (Å²) in [6.07, 6.45) is 1.76. The summed E-state index contributed by atoms with van der Waals surface area (Å²) in [6, 6.07) is 15.9. The van der Waals surface area contributed by atoms with E-state index in [4.69, 9.17) is 0 Å². The zero-order chi connectivity index (χ0) is 10.5. The van der Waals surface area contributed by atoms with Gasteiger partial charge in [0.15, 0.2) is 0 Å². The molecule has 15 heavy (non-hydrogen) atoms. The molecule has 0 radical (unpaired) electrons. The fourth-order valence-corrected chi connectivity index (χ4v) is 1.22. The molecule has 0 aliphatic heterocycles. The van der Waals surface area contributed by atoms with Crippen molar-refractivity contribution in [3.8, 4) is 0 Å². The van der Waals surface area contributed by atoms with Crippen molar-refractivity contribution in [1.29, 1.82) is 0 Å². The van der Waals surface area contributed by atoms with Crippen LogP contribution in [0.15, 0.2) is 59.6 Å². The molecule has 1 nitrogen and oxygen atoms in total. The number of rotatable bonds is 2. The second-order valence-electron chi connectivity index (χ2n) is 3.15. The molecular weight excluding hydrogens is 189 g/mol. The van der Waals surface area contributed by atoms with Crippen molar-refractivity contribution in [2.45, 2.75) is 0 Å². The van der Waals surface area contributed by atoms with E-state index in [1.807, 2.05) is 30.3 Å². The van der Waals surface area contributed by atoms with E-state index in [2.05, 4.69) is 4.99 Å². The van der Waals surface area contributed by atoms with Crippen molar-refractivity contribution in [3.05, 3.63) is 66.0 Å². The molecule has 2 aromatic carbocycles. The number of benzene rings is 2. The standard InChI is InChI=1S/C13H10FN/c14-12-6-8-13(9-7-12)15-10-11-4-2-1-3-5-11/h1-10H/b15-10+. The molecule has 2 heteroatoms. The topological polar surface area (TPSA) is 12.4 Å². The van der Waals surface area contributed by atoms with Crippen molar-refractivity contribution in [2.75, 3.05) is 0 Å². The van der Waals surface area contributed by atoms with E-state index in [9.17, 15) is 4.39 Å². The van der Waals surface area contributed by atoms with E-state index >= 15 is 0 Å². The zero-order valence-corrected chi connectivity index (χ0v) is 8.10. The molecule has 0 atom stereocenters. The van der Waals surface area contributed by atoms with Gasteiger partial charge in [-0.25, -0.2) is 4.39 Å². The Morgan fingerprint density at radius 1 is 0.867 bits per heavy atom. The van der Waals surface area contributed by atoms with Gasteiger partial charge in [-0.15, -0.1) is 0 Å². The normalized spacial score (nSPS) is 10.7. The van der Waals surface area contributed by atoms with Crippen molar-refractivity contribution in [2.24, 2.45) is 4.99 Å². The van der Waals surface area contributed by atoms with Gasteiger partial charge in [-0.1, -0.05) is 30.3 Å². The van der Waals surface area contributed by atoms with Gasteiger partial charge in [0.1, 0.15) is 5.82 Å². The summed E-state index contributed by atoms with van der Waals surface area (Å²) in [5, 5.41) is 0. The first-order chi connectivity index (χ1) is 7.34. The van der Waals surface area contributed by atoms with Crippen LogP contribution in [-0.4, -0.2) is 6.21 Å². The Morgan fingerprint density at radius 2 is 1.53 bits per heavy atom. The van der Waals surface area contributed by atoms with Crippen LogP contribution in [0.5, 0.6) is 0 Å². The Morgan fingerprint density at radius 3 is 2.20 bits per heavy atom. The third kappa shape index (κ3) is 2.74. The molecular formula is C13H10FN. The highest BCUT2D eigenvalue weighted by molar-refractivity contribution is 5.81. The lowest BCUT2D eigenvalue weighted by Crippen LogP contribution is -1.78. The van der Waals surface area contributed by atoms with Gasteiger partial charge in [-0.2, -0.15) is 0 Å². The highest BCUT2D eigenvalue weighted by atomic mass is 19.1. The van der Waals surface area contributed by atoms with E-state index in [0.717, 1.165) is 11.3 Å². The summed E-state index contributed by atoms with van der Waals surface area (Å²) >= 11 is 0. The van der Waals surface area contributed by atoms with E-state index in [1.54, 1.807) is 18.3 Å². The number of nitrogens with zero attached hydrogens (tertiary/aromatic N) is 1. The van der Waals surface area contributed by atoms with E-state index in [-0.39, 0.29) is 5.82 Å². The molecule has 0 spiro atoms. The van der Waals surface area contributed by atoms with Crippen LogP contribution >= 0.6 is 0 Å². The number of hydrogen-bond acceptors (Lipinski definition) is 1. The molecule has 0 bridgehead atoms. The monoisotopic (exact) mass is 199 g/mol. The molecule has 0 aliphatic carbocycles. The molecule has 0 saturated carbocycles. The predicted octanol–water partition coefficient (Wildman–Crippen LogP) is 3.58. The van der Waals surface area contributed by atoms with Gasteiger partial charge in [0.2, 0.25) is 0 Å². The van der Waals surface area contributed by atoms with Crippen LogP contribution < -0.4 is 0 Å². The minimum Gasteiger partial charge on any atom is -0.256 e. The molecule has 74 valence electrons. The predicted molar refractivity (Wildman–Crippen MR) is 60.1 cm³/mol. The maximum atomic E-state index is 12.6. The van der Waals surface area contributed by atoms with Crippen LogP contribution in [0.3, 0.4) is 0 Å². The first kappa shape index (κ1) is 9.59. The molecule has 0 aromatic heterocycles. The number of hydrogen-bond donors (Lipinski definition) is 0. The minimum atomic E-state index is -0.242. The van der Waals surface area contributed by atoms with Crippen molar-refractivity contribution in [3.63, 3.8) is 0 Å². The molecule has 0 aliphatic rings. The summed E-state index contributed by atoms with van der Waals surface area (Å²) in [6.45, 7) is 0. The summed E-state index contributed by atoms with van der Waals surface area (Å²) < 4.78 is 12.6. The van der Waals surface area contributed by atoms with Crippen molar-refractivity contribution in [1.82, 2.24) is 0 Å². The average molecular weight is 199 g/mol. The third-order valence-electron chi connectivity index (χ3n) is 1.99.